The molecule has 2 heteroatoms. The number of piperazine rings is 1. The Kier molecular flexibility index (Phi) is 3.41. The summed E-state index contributed by atoms with van der Waals surface area (Å²) in [6, 6.07) is 1.37. The van der Waals surface area contributed by atoms with Gasteiger partial charge in [-0.2, -0.15) is 0 Å². The number of nitrogens with zero attached hydrogens (tertiary/aromatic N) is 1. The Morgan fingerprint density at radius 1 is 1.38 bits per heavy atom. The summed E-state index contributed by atoms with van der Waals surface area (Å²) in [5.74, 6) is 0.952. The lowest BCUT2D eigenvalue weighted by Crippen LogP contribution is -2.60. The van der Waals surface area contributed by atoms with Gasteiger partial charge in [0.15, 0.2) is 0 Å². The van der Waals surface area contributed by atoms with Gasteiger partial charge in [0.25, 0.3) is 0 Å². The van der Waals surface area contributed by atoms with Crippen LogP contribution in [-0.4, -0.2) is 36.6 Å². The van der Waals surface area contributed by atoms with Crippen molar-refractivity contribution in [1.82, 2.24) is 10.2 Å². The second-order valence-corrected chi connectivity index (χ2v) is 6.47. The summed E-state index contributed by atoms with van der Waals surface area (Å²) in [7, 11) is 0. The third-order valence-electron chi connectivity index (χ3n) is 4.03. The molecule has 1 saturated heterocycles. The van der Waals surface area contributed by atoms with Crippen LogP contribution in [0.2, 0.25) is 0 Å². The van der Waals surface area contributed by atoms with Crippen molar-refractivity contribution in [1.29, 1.82) is 0 Å². The molecule has 0 amide bonds. The van der Waals surface area contributed by atoms with Crippen molar-refractivity contribution in [3.8, 4) is 0 Å². The maximum atomic E-state index is 3.89. The second kappa shape index (κ2) is 4.50. The highest BCUT2D eigenvalue weighted by Gasteiger charge is 2.40. The normalized spacial score (nSPS) is 32.7. The van der Waals surface area contributed by atoms with Crippen LogP contribution in [0.4, 0.5) is 0 Å². The minimum Gasteiger partial charge on any atom is -0.311 e. The van der Waals surface area contributed by atoms with Crippen molar-refractivity contribution < 1.29 is 0 Å². The van der Waals surface area contributed by atoms with Crippen LogP contribution in [0.25, 0.3) is 0 Å². The maximum absolute atomic E-state index is 3.89. The van der Waals surface area contributed by atoms with Crippen molar-refractivity contribution in [2.45, 2.75) is 45.7 Å². The van der Waals surface area contributed by atoms with Gasteiger partial charge in [-0.05, 0) is 24.2 Å². The Labute approximate surface area is 100 Å². The molecule has 1 N–H and O–H groups in total. The number of hydrogen-bond acceptors (Lipinski definition) is 2. The fraction of sp³-hybridized carbons (Fsp3) is 0.857. The molecule has 16 heavy (non-hydrogen) atoms. The van der Waals surface area contributed by atoms with Gasteiger partial charge in [0.05, 0.1) is 0 Å². The average Bonchev–Trinajstić information content (AvgIpc) is 3.00. The molecule has 2 rings (SSSR count). The quantitative estimate of drug-likeness (QED) is 0.737. The van der Waals surface area contributed by atoms with E-state index in [1.54, 1.807) is 0 Å². The first-order valence-electron chi connectivity index (χ1n) is 6.60. The highest BCUT2D eigenvalue weighted by atomic mass is 15.2. The monoisotopic (exact) mass is 222 g/mol. The van der Waals surface area contributed by atoms with Crippen LogP contribution in [0.5, 0.6) is 0 Å². The van der Waals surface area contributed by atoms with Crippen LogP contribution >= 0.6 is 0 Å². The molecule has 2 fully saturated rings. The van der Waals surface area contributed by atoms with Crippen LogP contribution in [0.3, 0.4) is 0 Å². The van der Waals surface area contributed by atoms with Crippen LogP contribution in [0, 0.1) is 11.3 Å². The molecule has 1 aliphatic carbocycles. The standard InChI is InChI=1S/C14H26N2/c1-5-8-16-10-13(14(2,3)4)15-9-12(16)11-6-7-11/h5,11-13,15H,1,6-10H2,2-4H3. The Balaban J connectivity index is 1.99. The average molecular weight is 222 g/mol. The minimum absolute atomic E-state index is 0.355. The van der Waals surface area contributed by atoms with Crippen LogP contribution < -0.4 is 5.32 Å². The fourth-order valence-corrected chi connectivity index (χ4v) is 2.73. The van der Waals surface area contributed by atoms with Crippen molar-refractivity contribution in [3.05, 3.63) is 12.7 Å². The van der Waals surface area contributed by atoms with E-state index in [0.29, 0.717) is 11.5 Å². The molecule has 0 spiro atoms. The molecular formula is C14H26N2. The highest BCUT2D eigenvalue weighted by Crippen LogP contribution is 2.37. The third kappa shape index (κ3) is 2.67. The Morgan fingerprint density at radius 3 is 2.56 bits per heavy atom. The second-order valence-electron chi connectivity index (χ2n) is 6.47. The molecule has 0 aromatic heterocycles. The molecule has 2 nitrogen and oxygen atoms in total. The van der Waals surface area contributed by atoms with Gasteiger partial charge in [-0.1, -0.05) is 26.8 Å². The Bertz CT molecular complexity index is 250. The molecule has 1 saturated carbocycles. The van der Waals surface area contributed by atoms with E-state index in [-0.39, 0.29) is 0 Å². The highest BCUT2D eigenvalue weighted by molar-refractivity contribution is 4.99. The summed E-state index contributed by atoms with van der Waals surface area (Å²) in [6.45, 7) is 14.3. The van der Waals surface area contributed by atoms with E-state index >= 15 is 0 Å². The summed E-state index contributed by atoms with van der Waals surface area (Å²) >= 11 is 0. The predicted octanol–water partition coefficient (Wildman–Crippen LogP) is 2.27. The minimum atomic E-state index is 0.355. The first kappa shape index (κ1) is 12.1. The Hall–Kier alpha value is -0.340. The summed E-state index contributed by atoms with van der Waals surface area (Å²) in [5.41, 5.74) is 0.355. The van der Waals surface area contributed by atoms with E-state index < -0.39 is 0 Å². The summed E-state index contributed by atoms with van der Waals surface area (Å²) in [4.78, 5) is 2.64. The van der Waals surface area contributed by atoms with E-state index in [9.17, 15) is 0 Å². The number of nitrogens with one attached hydrogen (secondary N) is 1. The van der Waals surface area contributed by atoms with Crippen molar-refractivity contribution in [2.24, 2.45) is 11.3 Å². The summed E-state index contributed by atoms with van der Waals surface area (Å²) in [5, 5.41) is 3.74. The van der Waals surface area contributed by atoms with Gasteiger partial charge < -0.3 is 5.32 Å². The van der Waals surface area contributed by atoms with Crippen molar-refractivity contribution >= 4 is 0 Å². The largest absolute Gasteiger partial charge is 0.311 e. The van der Waals surface area contributed by atoms with Gasteiger partial charge in [0.2, 0.25) is 0 Å². The van der Waals surface area contributed by atoms with Crippen LogP contribution in [-0.2, 0) is 0 Å². The molecule has 0 bridgehead atoms. The van der Waals surface area contributed by atoms with Gasteiger partial charge in [-0.15, -0.1) is 6.58 Å². The van der Waals surface area contributed by atoms with Gasteiger partial charge in [-0.25, -0.2) is 0 Å². The van der Waals surface area contributed by atoms with Crippen LogP contribution in [0.15, 0.2) is 12.7 Å². The zero-order valence-electron chi connectivity index (χ0n) is 11.0. The first-order valence-corrected chi connectivity index (χ1v) is 6.60. The van der Waals surface area contributed by atoms with E-state index in [1.165, 1.54) is 25.9 Å². The molecule has 92 valence electrons. The van der Waals surface area contributed by atoms with E-state index in [2.05, 4.69) is 43.6 Å². The molecule has 0 aromatic carbocycles. The lowest BCUT2D eigenvalue weighted by Gasteiger charge is -2.45. The molecular weight excluding hydrogens is 196 g/mol. The van der Waals surface area contributed by atoms with E-state index in [4.69, 9.17) is 0 Å². The van der Waals surface area contributed by atoms with E-state index in [1.807, 2.05) is 0 Å². The lowest BCUT2D eigenvalue weighted by molar-refractivity contribution is 0.0851. The molecule has 2 aliphatic rings. The predicted molar refractivity (Wildman–Crippen MR) is 69.5 cm³/mol. The van der Waals surface area contributed by atoms with Crippen LogP contribution in [0.1, 0.15) is 33.6 Å². The molecule has 0 radical (unpaired) electrons. The third-order valence-corrected chi connectivity index (χ3v) is 4.03. The lowest BCUT2D eigenvalue weighted by atomic mass is 9.84. The number of hydrogen-bond donors (Lipinski definition) is 1. The molecule has 0 aromatic rings. The zero-order valence-corrected chi connectivity index (χ0v) is 11.0. The summed E-state index contributed by atoms with van der Waals surface area (Å²) < 4.78 is 0. The maximum Gasteiger partial charge on any atom is 0.0252 e. The zero-order chi connectivity index (χ0) is 11.8. The van der Waals surface area contributed by atoms with Gasteiger partial charge in [-0.3, -0.25) is 4.90 Å². The smallest absolute Gasteiger partial charge is 0.0252 e. The van der Waals surface area contributed by atoms with E-state index in [0.717, 1.165) is 18.5 Å². The number of rotatable bonds is 3. The van der Waals surface area contributed by atoms with Gasteiger partial charge in [0, 0.05) is 31.7 Å². The molecule has 2 atom stereocenters. The fourth-order valence-electron chi connectivity index (χ4n) is 2.73. The Morgan fingerprint density at radius 2 is 2.06 bits per heavy atom. The first-order chi connectivity index (χ1) is 7.52. The van der Waals surface area contributed by atoms with Gasteiger partial charge >= 0.3 is 0 Å². The molecule has 1 heterocycles. The molecule has 1 aliphatic heterocycles. The SMILES string of the molecule is C=CCN1CC(C(C)(C)C)NCC1C1CC1. The van der Waals surface area contributed by atoms with Crippen molar-refractivity contribution in [2.75, 3.05) is 19.6 Å². The molecule has 2 unspecified atom stereocenters. The van der Waals surface area contributed by atoms with Crippen molar-refractivity contribution in [3.63, 3.8) is 0 Å². The topological polar surface area (TPSA) is 15.3 Å². The summed E-state index contributed by atoms with van der Waals surface area (Å²) in [6.07, 6.45) is 4.92. The van der Waals surface area contributed by atoms with Gasteiger partial charge in [0.1, 0.15) is 0 Å².